The second kappa shape index (κ2) is 4.60. The van der Waals surface area contributed by atoms with Crippen LogP contribution < -0.4 is 0 Å². The number of aromatic nitrogens is 1. The van der Waals surface area contributed by atoms with Crippen molar-refractivity contribution in [3.8, 4) is 10.8 Å². The van der Waals surface area contributed by atoms with Crippen LogP contribution in [0.15, 0.2) is 28.2 Å². The van der Waals surface area contributed by atoms with E-state index in [0.717, 1.165) is 42.5 Å². The molecule has 1 N–H and O–H groups in total. The van der Waals surface area contributed by atoms with Crippen LogP contribution in [0.25, 0.3) is 10.8 Å². The van der Waals surface area contributed by atoms with E-state index in [4.69, 9.17) is 4.42 Å². The maximum Gasteiger partial charge on any atom is 0.162 e. The molecule has 1 saturated heterocycles. The average Bonchev–Trinajstić information content (AvgIpc) is 3.00. The zero-order chi connectivity index (χ0) is 11.7. The first-order valence-electron chi connectivity index (χ1n) is 5.70. The van der Waals surface area contributed by atoms with Crippen molar-refractivity contribution in [2.24, 2.45) is 0 Å². The number of aliphatic hydroxyl groups excluding tert-OH is 1. The number of likely N-dealkylation sites (tertiary alicyclic amines) is 1. The summed E-state index contributed by atoms with van der Waals surface area (Å²) >= 11 is 1.60. The van der Waals surface area contributed by atoms with E-state index in [1.54, 1.807) is 17.6 Å². The molecule has 0 amide bonds. The Morgan fingerprint density at radius 3 is 3.24 bits per heavy atom. The molecule has 0 saturated carbocycles. The van der Waals surface area contributed by atoms with Crippen LogP contribution in [0, 0.1) is 0 Å². The number of furan rings is 1. The van der Waals surface area contributed by atoms with Crippen LogP contribution in [-0.2, 0) is 6.54 Å². The van der Waals surface area contributed by atoms with E-state index in [-0.39, 0.29) is 6.10 Å². The molecule has 5 heteroatoms. The monoisotopic (exact) mass is 250 g/mol. The molecule has 0 spiro atoms. The fraction of sp³-hybridized carbons (Fsp3) is 0.417. The highest BCUT2D eigenvalue weighted by molar-refractivity contribution is 7.13. The zero-order valence-corrected chi connectivity index (χ0v) is 10.2. The van der Waals surface area contributed by atoms with E-state index < -0.39 is 0 Å². The SMILES string of the molecule is OC1CCN(Cc2csc(-c3ccco3)n2)C1. The van der Waals surface area contributed by atoms with E-state index in [1.165, 1.54) is 0 Å². The molecule has 0 bridgehead atoms. The summed E-state index contributed by atoms with van der Waals surface area (Å²) in [4.78, 5) is 6.77. The molecule has 3 rings (SSSR count). The summed E-state index contributed by atoms with van der Waals surface area (Å²) in [7, 11) is 0. The van der Waals surface area contributed by atoms with Gasteiger partial charge < -0.3 is 9.52 Å². The van der Waals surface area contributed by atoms with Crippen molar-refractivity contribution in [1.82, 2.24) is 9.88 Å². The van der Waals surface area contributed by atoms with Gasteiger partial charge in [-0.2, -0.15) is 0 Å². The number of hydrogen-bond acceptors (Lipinski definition) is 5. The van der Waals surface area contributed by atoms with Crippen molar-refractivity contribution in [2.45, 2.75) is 19.1 Å². The average molecular weight is 250 g/mol. The molecule has 0 aromatic carbocycles. The minimum atomic E-state index is -0.168. The van der Waals surface area contributed by atoms with Gasteiger partial charge in [-0.3, -0.25) is 4.90 Å². The molecule has 2 aromatic rings. The first-order valence-corrected chi connectivity index (χ1v) is 6.58. The maximum atomic E-state index is 9.46. The minimum Gasteiger partial charge on any atom is -0.462 e. The molecule has 2 aromatic heterocycles. The molecular weight excluding hydrogens is 236 g/mol. The number of β-amino-alcohol motifs (C(OH)–C–C–N with tert-alkyl or cyclic N) is 1. The lowest BCUT2D eigenvalue weighted by atomic mass is 10.3. The quantitative estimate of drug-likeness (QED) is 0.904. The van der Waals surface area contributed by atoms with Gasteiger partial charge in [0.25, 0.3) is 0 Å². The van der Waals surface area contributed by atoms with E-state index in [2.05, 4.69) is 15.3 Å². The van der Waals surface area contributed by atoms with Gasteiger partial charge in [0.05, 0.1) is 18.1 Å². The zero-order valence-electron chi connectivity index (χ0n) is 9.37. The molecule has 90 valence electrons. The molecular formula is C12H14N2O2S. The van der Waals surface area contributed by atoms with E-state index in [9.17, 15) is 5.11 Å². The molecule has 1 fully saturated rings. The summed E-state index contributed by atoms with van der Waals surface area (Å²) in [6, 6.07) is 3.79. The standard InChI is InChI=1S/C12H14N2O2S/c15-10-3-4-14(7-10)6-9-8-17-12(13-9)11-2-1-5-16-11/h1-2,5,8,10,15H,3-4,6-7H2. The van der Waals surface area contributed by atoms with Crippen LogP contribution in [0.2, 0.25) is 0 Å². The van der Waals surface area contributed by atoms with Crippen LogP contribution >= 0.6 is 11.3 Å². The second-order valence-electron chi connectivity index (χ2n) is 4.30. The third kappa shape index (κ3) is 2.41. The molecule has 1 aliphatic rings. The lowest BCUT2D eigenvalue weighted by Crippen LogP contribution is -2.21. The van der Waals surface area contributed by atoms with Crippen molar-refractivity contribution < 1.29 is 9.52 Å². The topological polar surface area (TPSA) is 49.5 Å². The molecule has 4 nitrogen and oxygen atoms in total. The largest absolute Gasteiger partial charge is 0.462 e. The summed E-state index contributed by atoms with van der Waals surface area (Å²) in [5.74, 6) is 0.822. The fourth-order valence-corrected chi connectivity index (χ4v) is 2.86. The van der Waals surface area contributed by atoms with Crippen molar-refractivity contribution in [3.05, 3.63) is 29.5 Å². The Kier molecular flexibility index (Phi) is 2.96. The fourth-order valence-electron chi connectivity index (χ4n) is 2.08. The van der Waals surface area contributed by atoms with Crippen LogP contribution in [0.3, 0.4) is 0 Å². The summed E-state index contributed by atoms with van der Waals surface area (Å²) < 4.78 is 5.31. The third-order valence-electron chi connectivity index (χ3n) is 2.92. The number of aliphatic hydroxyl groups is 1. The van der Waals surface area contributed by atoms with Gasteiger partial charge in [0.1, 0.15) is 0 Å². The normalized spacial score (nSPS) is 21.1. The molecule has 0 aliphatic carbocycles. The highest BCUT2D eigenvalue weighted by Crippen LogP contribution is 2.25. The number of rotatable bonds is 3. The van der Waals surface area contributed by atoms with E-state index in [0.29, 0.717) is 0 Å². The Morgan fingerprint density at radius 1 is 1.59 bits per heavy atom. The maximum absolute atomic E-state index is 9.46. The summed E-state index contributed by atoms with van der Waals surface area (Å²) in [6.45, 7) is 2.52. The van der Waals surface area contributed by atoms with Gasteiger partial charge in [0, 0.05) is 25.0 Å². The predicted octanol–water partition coefficient (Wildman–Crippen LogP) is 1.97. The van der Waals surface area contributed by atoms with Crippen LogP contribution in [0.5, 0.6) is 0 Å². The Morgan fingerprint density at radius 2 is 2.53 bits per heavy atom. The van der Waals surface area contributed by atoms with Crippen LogP contribution in [-0.4, -0.2) is 34.2 Å². The Balaban J connectivity index is 1.69. The van der Waals surface area contributed by atoms with Gasteiger partial charge in [0.2, 0.25) is 0 Å². The molecule has 1 unspecified atom stereocenters. The smallest absolute Gasteiger partial charge is 0.162 e. The first kappa shape index (κ1) is 11.0. The van der Waals surface area contributed by atoms with Crippen molar-refractivity contribution >= 4 is 11.3 Å². The van der Waals surface area contributed by atoms with Crippen molar-refractivity contribution in [3.63, 3.8) is 0 Å². The Hall–Kier alpha value is -1.17. The van der Waals surface area contributed by atoms with Gasteiger partial charge in [0.15, 0.2) is 10.8 Å². The molecule has 0 radical (unpaired) electrons. The number of hydrogen-bond donors (Lipinski definition) is 1. The van der Waals surface area contributed by atoms with Gasteiger partial charge in [-0.25, -0.2) is 4.98 Å². The molecule has 3 heterocycles. The second-order valence-corrected chi connectivity index (χ2v) is 5.16. The predicted molar refractivity (Wildman–Crippen MR) is 65.7 cm³/mol. The van der Waals surface area contributed by atoms with Gasteiger partial charge >= 0.3 is 0 Å². The number of thiazole rings is 1. The minimum absolute atomic E-state index is 0.168. The molecule has 17 heavy (non-hydrogen) atoms. The summed E-state index contributed by atoms with van der Waals surface area (Å²) in [5, 5.41) is 12.4. The van der Waals surface area contributed by atoms with Gasteiger partial charge in [-0.15, -0.1) is 11.3 Å². The highest BCUT2D eigenvalue weighted by atomic mass is 32.1. The van der Waals surface area contributed by atoms with Crippen molar-refractivity contribution in [2.75, 3.05) is 13.1 Å². The number of nitrogens with zero attached hydrogens (tertiary/aromatic N) is 2. The highest BCUT2D eigenvalue weighted by Gasteiger charge is 2.21. The molecule has 1 aliphatic heterocycles. The molecule has 1 atom stereocenters. The summed E-state index contributed by atoms with van der Waals surface area (Å²) in [5.41, 5.74) is 1.05. The van der Waals surface area contributed by atoms with E-state index in [1.807, 2.05) is 12.1 Å². The lowest BCUT2D eigenvalue weighted by molar-refractivity contribution is 0.174. The van der Waals surface area contributed by atoms with Gasteiger partial charge in [-0.05, 0) is 18.6 Å². The Bertz CT molecular complexity index is 480. The van der Waals surface area contributed by atoms with Gasteiger partial charge in [-0.1, -0.05) is 0 Å². The Labute approximate surface area is 104 Å². The van der Waals surface area contributed by atoms with Crippen molar-refractivity contribution in [1.29, 1.82) is 0 Å². The van der Waals surface area contributed by atoms with Crippen LogP contribution in [0.4, 0.5) is 0 Å². The lowest BCUT2D eigenvalue weighted by Gasteiger charge is -2.12. The third-order valence-corrected chi connectivity index (χ3v) is 3.82. The van der Waals surface area contributed by atoms with Crippen LogP contribution in [0.1, 0.15) is 12.1 Å². The van der Waals surface area contributed by atoms with E-state index >= 15 is 0 Å². The first-order chi connectivity index (χ1) is 8.31. The summed E-state index contributed by atoms with van der Waals surface area (Å²) in [6.07, 6.45) is 2.36.